The highest BCUT2D eigenvalue weighted by atomic mass is 35.5. The van der Waals surface area contributed by atoms with Gasteiger partial charge in [0.05, 0.1) is 6.61 Å². The van der Waals surface area contributed by atoms with Crippen molar-refractivity contribution in [3.63, 3.8) is 0 Å². The van der Waals surface area contributed by atoms with E-state index in [9.17, 15) is 0 Å². The van der Waals surface area contributed by atoms with Gasteiger partial charge in [-0.15, -0.1) is 35.6 Å². The van der Waals surface area contributed by atoms with Gasteiger partial charge in [-0.3, -0.25) is 0 Å². The second kappa shape index (κ2) is 4.11. The van der Waals surface area contributed by atoms with Crippen molar-refractivity contribution in [2.45, 2.75) is 17.4 Å². The van der Waals surface area contributed by atoms with E-state index in [2.05, 4.69) is 12.6 Å². The fourth-order valence-corrected chi connectivity index (χ4v) is 3.26. The molecule has 0 spiro atoms. The number of thiol groups is 1. The molecule has 1 N–H and O–H groups in total. The van der Waals surface area contributed by atoms with E-state index in [4.69, 9.17) is 16.7 Å². The van der Waals surface area contributed by atoms with E-state index in [1.807, 2.05) is 18.2 Å². The lowest BCUT2D eigenvalue weighted by Gasteiger charge is -1.96. The second-order valence-electron chi connectivity index (χ2n) is 2.98. The molecule has 2 aromatic rings. The summed E-state index contributed by atoms with van der Waals surface area (Å²) in [7, 11) is 0. The highest BCUT2D eigenvalue weighted by molar-refractivity contribution is 7.80. The molecule has 14 heavy (non-hydrogen) atoms. The second-order valence-corrected chi connectivity index (χ2v) is 4.90. The Morgan fingerprint density at radius 3 is 2.86 bits per heavy atom. The molecule has 1 aromatic carbocycles. The Balaban J connectivity index is 2.73. The van der Waals surface area contributed by atoms with Crippen LogP contribution in [0.15, 0.2) is 23.1 Å². The number of halogens is 1. The van der Waals surface area contributed by atoms with E-state index in [0.717, 1.165) is 25.4 Å². The van der Waals surface area contributed by atoms with Crippen LogP contribution < -0.4 is 0 Å². The zero-order chi connectivity index (χ0) is 10.1. The van der Waals surface area contributed by atoms with Crippen LogP contribution in [0.4, 0.5) is 0 Å². The van der Waals surface area contributed by atoms with Gasteiger partial charge in [0.25, 0.3) is 0 Å². The van der Waals surface area contributed by atoms with Gasteiger partial charge in [-0.1, -0.05) is 6.07 Å². The highest BCUT2D eigenvalue weighted by Crippen LogP contribution is 2.33. The molecule has 0 amide bonds. The third-order valence-electron chi connectivity index (χ3n) is 2.14. The number of alkyl halides is 1. The number of rotatable bonds is 2. The average molecular weight is 245 g/mol. The minimum absolute atomic E-state index is 0.0588. The van der Waals surface area contributed by atoms with E-state index >= 15 is 0 Å². The Labute approximate surface area is 96.7 Å². The summed E-state index contributed by atoms with van der Waals surface area (Å²) in [5.74, 6) is 0.446. The lowest BCUT2D eigenvalue weighted by Crippen LogP contribution is -1.83. The Morgan fingerprint density at radius 1 is 1.43 bits per heavy atom. The van der Waals surface area contributed by atoms with Crippen LogP contribution in [0.3, 0.4) is 0 Å². The first-order chi connectivity index (χ1) is 6.76. The van der Waals surface area contributed by atoms with Gasteiger partial charge in [0.15, 0.2) is 0 Å². The van der Waals surface area contributed by atoms with Crippen molar-refractivity contribution in [2.75, 3.05) is 0 Å². The van der Waals surface area contributed by atoms with Crippen LogP contribution >= 0.6 is 35.6 Å². The lowest BCUT2D eigenvalue weighted by atomic mass is 10.1. The molecule has 4 heteroatoms. The summed E-state index contributed by atoms with van der Waals surface area (Å²) in [4.78, 5) is 1.89. The van der Waals surface area contributed by atoms with Gasteiger partial charge in [-0.2, -0.15) is 0 Å². The fourth-order valence-electron chi connectivity index (χ4n) is 1.46. The molecule has 0 radical (unpaired) electrons. The first kappa shape index (κ1) is 10.3. The van der Waals surface area contributed by atoms with Crippen molar-refractivity contribution in [1.29, 1.82) is 0 Å². The van der Waals surface area contributed by atoms with Crippen LogP contribution in [0.2, 0.25) is 0 Å². The average Bonchev–Trinajstić information content (AvgIpc) is 2.54. The van der Waals surface area contributed by atoms with Crippen molar-refractivity contribution in [3.05, 3.63) is 28.6 Å². The molecule has 0 atom stereocenters. The molecular formula is C10H9ClOS2. The molecule has 74 valence electrons. The SMILES string of the molecule is OCc1sc2cc(S)ccc2c1CCl. The number of hydrogen-bond acceptors (Lipinski definition) is 3. The molecular weight excluding hydrogens is 236 g/mol. The van der Waals surface area contributed by atoms with Crippen LogP contribution in [-0.2, 0) is 12.5 Å². The molecule has 1 heterocycles. The van der Waals surface area contributed by atoms with E-state index in [-0.39, 0.29) is 6.61 Å². The zero-order valence-electron chi connectivity index (χ0n) is 7.33. The Morgan fingerprint density at radius 2 is 2.21 bits per heavy atom. The minimum Gasteiger partial charge on any atom is -0.391 e. The summed E-state index contributed by atoms with van der Waals surface area (Å²) in [6, 6.07) is 5.94. The molecule has 0 saturated carbocycles. The molecule has 0 aliphatic heterocycles. The Hall–Kier alpha value is -0.220. The number of hydrogen-bond donors (Lipinski definition) is 2. The third-order valence-corrected chi connectivity index (χ3v) is 3.86. The molecule has 0 saturated heterocycles. The molecule has 0 aliphatic rings. The van der Waals surface area contributed by atoms with E-state index in [1.54, 1.807) is 11.3 Å². The maximum Gasteiger partial charge on any atom is 0.0778 e. The molecule has 0 fully saturated rings. The normalized spacial score (nSPS) is 11.1. The number of benzene rings is 1. The van der Waals surface area contributed by atoms with Gasteiger partial charge in [0.1, 0.15) is 0 Å². The predicted octanol–water partition coefficient (Wildman–Crippen LogP) is 3.42. The summed E-state index contributed by atoms with van der Waals surface area (Å²) in [5.41, 5.74) is 1.04. The van der Waals surface area contributed by atoms with E-state index < -0.39 is 0 Å². The van der Waals surface area contributed by atoms with Crippen LogP contribution in [0.5, 0.6) is 0 Å². The summed E-state index contributed by atoms with van der Waals surface area (Å²) in [5, 5.41) is 10.3. The van der Waals surface area contributed by atoms with Crippen molar-refractivity contribution in [1.82, 2.24) is 0 Å². The number of fused-ring (bicyclic) bond motifs is 1. The van der Waals surface area contributed by atoms with Crippen LogP contribution in [-0.4, -0.2) is 5.11 Å². The van der Waals surface area contributed by atoms with Crippen molar-refractivity contribution in [3.8, 4) is 0 Å². The third kappa shape index (κ3) is 1.65. The molecule has 1 aromatic heterocycles. The number of aliphatic hydroxyl groups excluding tert-OH is 1. The van der Waals surface area contributed by atoms with Gasteiger partial charge in [0.2, 0.25) is 0 Å². The largest absolute Gasteiger partial charge is 0.391 e. The minimum atomic E-state index is 0.0588. The highest BCUT2D eigenvalue weighted by Gasteiger charge is 2.10. The zero-order valence-corrected chi connectivity index (χ0v) is 9.79. The topological polar surface area (TPSA) is 20.2 Å². The first-order valence-corrected chi connectivity index (χ1v) is 5.96. The first-order valence-electron chi connectivity index (χ1n) is 4.16. The van der Waals surface area contributed by atoms with Crippen LogP contribution in [0, 0.1) is 0 Å². The van der Waals surface area contributed by atoms with E-state index in [1.165, 1.54) is 0 Å². The Bertz CT molecular complexity index is 464. The molecule has 2 rings (SSSR count). The summed E-state index contributed by atoms with van der Waals surface area (Å²) < 4.78 is 1.14. The summed E-state index contributed by atoms with van der Waals surface area (Å²) >= 11 is 11.7. The summed E-state index contributed by atoms with van der Waals surface area (Å²) in [6.07, 6.45) is 0. The number of thiophene rings is 1. The van der Waals surface area contributed by atoms with Gasteiger partial charge in [0, 0.05) is 20.4 Å². The molecule has 1 nitrogen and oxygen atoms in total. The standard InChI is InChI=1S/C10H9ClOS2/c11-4-8-7-2-1-6(13)3-9(7)14-10(8)5-12/h1-3,12-13H,4-5H2. The van der Waals surface area contributed by atoms with Crippen molar-refractivity contribution < 1.29 is 5.11 Å². The van der Waals surface area contributed by atoms with Gasteiger partial charge in [-0.25, -0.2) is 0 Å². The summed E-state index contributed by atoms with van der Waals surface area (Å²) in [6.45, 7) is 0.0588. The fraction of sp³-hybridized carbons (Fsp3) is 0.200. The van der Waals surface area contributed by atoms with Gasteiger partial charge in [-0.05, 0) is 23.1 Å². The lowest BCUT2D eigenvalue weighted by molar-refractivity contribution is 0.285. The van der Waals surface area contributed by atoms with Gasteiger partial charge < -0.3 is 5.11 Å². The maximum absolute atomic E-state index is 9.15. The molecule has 0 bridgehead atoms. The molecule has 0 aliphatic carbocycles. The smallest absolute Gasteiger partial charge is 0.0778 e. The predicted molar refractivity (Wildman–Crippen MR) is 64.6 cm³/mol. The van der Waals surface area contributed by atoms with Crippen molar-refractivity contribution in [2.24, 2.45) is 0 Å². The quantitative estimate of drug-likeness (QED) is 0.613. The van der Waals surface area contributed by atoms with Crippen molar-refractivity contribution >= 4 is 45.7 Å². The maximum atomic E-state index is 9.15. The molecule has 0 unspecified atom stereocenters. The van der Waals surface area contributed by atoms with E-state index in [0.29, 0.717) is 5.88 Å². The monoisotopic (exact) mass is 244 g/mol. The van der Waals surface area contributed by atoms with Gasteiger partial charge >= 0.3 is 0 Å². The number of aliphatic hydroxyl groups is 1. The van der Waals surface area contributed by atoms with Crippen LogP contribution in [0.25, 0.3) is 10.1 Å². The van der Waals surface area contributed by atoms with Crippen LogP contribution in [0.1, 0.15) is 10.4 Å². The Kier molecular flexibility index (Phi) is 3.02.